The second-order valence-electron chi connectivity index (χ2n) is 2.99. The first-order valence-electron chi connectivity index (χ1n) is 4.37. The maximum Gasteiger partial charge on any atom is 0.351 e. The fourth-order valence-corrected chi connectivity index (χ4v) is 3.51. The molecule has 3 heteroatoms. The summed E-state index contributed by atoms with van der Waals surface area (Å²) < 4.78 is 10.6. The molecular weight excluding hydrogens is 204 g/mol. The molecule has 72 valence electrons. The van der Waals surface area contributed by atoms with Crippen LogP contribution in [0.1, 0.15) is 0 Å². The Hall–Kier alpha value is -2.10. The second kappa shape index (κ2) is 3.57. The Balaban J connectivity index is 2.63. The molecule has 2 nitrogen and oxygen atoms in total. The van der Waals surface area contributed by atoms with Gasteiger partial charge in [-0.1, -0.05) is 0 Å². The van der Waals surface area contributed by atoms with Crippen molar-refractivity contribution in [1.29, 1.82) is 0 Å². The second-order valence-corrected chi connectivity index (χ2v) is 6.06. The summed E-state index contributed by atoms with van der Waals surface area (Å²) in [7, 11) is -2.67. The Kier molecular flexibility index (Phi) is 2.25. The van der Waals surface area contributed by atoms with Crippen LogP contribution in [0.25, 0.3) is 0 Å². The smallest absolute Gasteiger partial charge is 0.351 e. The molecule has 2 aromatic heterocycles. The van der Waals surface area contributed by atoms with Gasteiger partial charge in [0.1, 0.15) is 10.8 Å². The molecule has 0 saturated carbocycles. The molecule has 0 unspecified atom stereocenters. The minimum absolute atomic E-state index is 0.655. The highest BCUT2D eigenvalue weighted by Crippen LogP contribution is 2.04. The van der Waals surface area contributed by atoms with Crippen LogP contribution >= 0.6 is 0 Å². The highest BCUT2D eigenvalue weighted by molar-refractivity contribution is 7.12. The maximum absolute atomic E-state index is 5.55. The third-order valence-electron chi connectivity index (χ3n) is 2.21. The summed E-state index contributed by atoms with van der Waals surface area (Å²) in [5.41, 5.74) is 5.37. The number of hydrogen-bond acceptors (Lipinski definition) is 2. The maximum atomic E-state index is 5.55. The topological polar surface area (TPSA) is 26.3 Å². The monoisotopic (exact) mass is 212 g/mol. The van der Waals surface area contributed by atoms with Crippen LogP contribution in [0.3, 0.4) is 0 Å². The van der Waals surface area contributed by atoms with Crippen molar-refractivity contribution in [1.82, 2.24) is 0 Å². The van der Waals surface area contributed by atoms with Crippen LogP contribution in [0.15, 0.2) is 45.6 Å². The summed E-state index contributed by atoms with van der Waals surface area (Å²) in [4.78, 5) is 0. The standard InChI is InChI=1S/C12H8O2Si/c1-3-15(4-2,11-7-5-9-13-11)12-8-6-10-14-12/h1-2,5-10H. The Morgan fingerprint density at radius 1 is 0.933 bits per heavy atom. The van der Waals surface area contributed by atoms with Crippen molar-refractivity contribution in [3.8, 4) is 23.9 Å². The van der Waals surface area contributed by atoms with Gasteiger partial charge in [0.25, 0.3) is 0 Å². The number of furan rings is 2. The fourth-order valence-electron chi connectivity index (χ4n) is 1.43. The minimum atomic E-state index is -2.67. The lowest BCUT2D eigenvalue weighted by atomic mass is 10.7. The van der Waals surface area contributed by atoms with Gasteiger partial charge in [0.15, 0.2) is 0 Å². The predicted molar refractivity (Wildman–Crippen MR) is 60.1 cm³/mol. The first-order valence-corrected chi connectivity index (χ1v) is 6.37. The number of rotatable bonds is 2. The summed E-state index contributed by atoms with van der Waals surface area (Å²) >= 11 is 0. The van der Waals surface area contributed by atoms with Crippen LogP contribution in [-0.4, -0.2) is 8.07 Å². The molecule has 2 heterocycles. The first-order chi connectivity index (χ1) is 7.33. The zero-order valence-corrected chi connectivity index (χ0v) is 8.94. The molecule has 15 heavy (non-hydrogen) atoms. The van der Waals surface area contributed by atoms with E-state index in [1.807, 2.05) is 0 Å². The van der Waals surface area contributed by atoms with E-state index in [-0.39, 0.29) is 0 Å². The molecule has 0 amide bonds. The van der Waals surface area contributed by atoms with Crippen LogP contribution in [0.4, 0.5) is 0 Å². The van der Waals surface area contributed by atoms with Crippen molar-refractivity contribution in [2.24, 2.45) is 0 Å². The number of terminal acetylenes is 2. The van der Waals surface area contributed by atoms with Gasteiger partial charge >= 0.3 is 8.07 Å². The van der Waals surface area contributed by atoms with Crippen LogP contribution in [-0.2, 0) is 0 Å². The SMILES string of the molecule is C#C[Si](C#C)(c1ccco1)c1ccco1. The van der Waals surface area contributed by atoms with E-state index in [1.54, 1.807) is 36.8 Å². The van der Waals surface area contributed by atoms with E-state index in [9.17, 15) is 0 Å². The molecule has 0 atom stereocenters. The first kappa shape index (κ1) is 9.45. The molecule has 0 N–H and O–H groups in total. The zero-order chi connectivity index (χ0) is 10.7. The average molecular weight is 212 g/mol. The lowest BCUT2D eigenvalue weighted by Crippen LogP contribution is -2.55. The Labute approximate surface area is 88.9 Å². The molecule has 0 spiro atoms. The van der Waals surface area contributed by atoms with Gasteiger partial charge in [0, 0.05) is 0 Å². The van der Waals surface area contributed by atoms with Crippen molar-refractivity contribution < 1.29 is 8.83 Å². The summed E-state index contributed by atoms with van der Waals surface area (Å²) in [5.74, 6) is 0. The van der Waals surface area contributed by atoms with Crippen molar-refractivity contribution >= 4 is 18.8 Å². The van der Waals surface area contributed by atoms with Gasteiger partial charge in [-0.15, -0.1) is 23.9 Å². The minimum Gasteiger partial charge on any atom is -0.471 e. The summed E-state index contributed by atoms with van der Waals surface area (Å²) in [6.07, 6.45) is 14.2. The number of hydrogen-bond donors (Lipinski definition) is 0. The third-order valence-corrected chi connectivity index (χ3v) is 5.13. The van der Waals surface area contributed by atoms with Crippen molar-refractivity contribution in [2.45, 2.75) is 0 Å². The molecule has 0 radical (unpaired) electrons. The molecule has 2 rings (SSSR count). The van der Waals surface area contributed by atoms with Crippen molar-refractivity contribution in [2.75, 3.05) is 0 Å². The van der Waals surface area contributed by atoms with Crippen LogP contribution in [0.5, 0.6) is 0 Å². The Morgan fingerprint density at radius 2 is 1.40 bits per heavy atom. The molecule has 0 aliphatic carbocycles. The van der Waals surface area contributed by atoms with Crippen LogP contribution in [0.2, 0.25) is 0 Å². The third kappa shape index (κ3) is 1.30. The Bertz CT molecular complexity index is 459. The molecule has 0 aliphatic rings. The van der Waals surface area contributed by atoms with Crippen LogP contribution in [0, 0.1) is 23.9 Å². The highest BCUT2D eigenvalue weighted by atomic mass is 28.3. The average Bonchev–Trinajstić information content (AvgIpc) is 2.92. The fraction of sp³-hybridized carbons (Fsp3) is 0. The van der Waals surface area contributed by atoms with Crippen molar-refractivity contribution in [3.63, 3.8) is 0 Å². The quantitative estimate of drug-likeness (QED) is 0.543. The molecule has 0 fully saturated rings. The molecule has 0 saturated heterocycles. The molecule has 0 bridgehead atoms. The largest absolute Gasteiger partial charge is 0.471 e. The molecular formula is C12H8O2Si. The van der Waals surface area contributed by atoms with E-state index in [2.05, 4.69) is 11.1 Å². The van der Waals surface area contributed by atoms with Gasteiger partial charge < -0.3 is 8.83 Å². The van der Waals surface area contributed by atoms with Gasteiger partial charge in [-0.25, -0.2) is 0 Å². The predicted octanol–water partition coefficient (Wildman–Crippen LogP) is 0.780. The summed E-state index contributed by atoms with van der Waals surface area (Å²) in [6.45, 7) is 0. The van der Waals surface area contributed by atoms with Crippen LogP contribution < -0.4 is 10.8 Å². The van der Waals surface area contributed by atoms with E-state index in [4.69, 9.17) is 21.7 Å². The van der Waals surface area contributed by atoms with Gasteiger partial charge in [0.2, 0.25) is 0 Å². The highest BCUT2D eigenvalue weighted by Gasteiger charge is 2.40. The van der Waals surface area contributed by atoms with E-state index in [1.165, 1.54) is 0 Å². The molecule has 0 aromatic carbocycles. The van der Waals surface area contributed by atoms with Gasteiger partial charge in [-0.2, -0.15) is 0 Å². The summed E-state index contributed by atoms with van der Waals surface area (Å²) in [5, 5.41) is 1.31. The normalized spacial score (nSPS) is 10.5. The van der Waals surface area contributed by atoms with Crippen molar-refractivity contribution in [3.05, 3.63) is 36.8 Å². The lowest BCUT2D eigenvalue weighted by molar-refractivity contribution is 0.586. The lowest BCUT2D eigenvalue weighted by Gasteiger charge is -2.13. The van der Waals surface area contributed by atoms with E-state index in [0.29, 0.717) is 10.8 Å². The van der Waals surface area contributed by atoms with E-state index < -0.39 is 8.07 Å². The molecule has 2 aromatic rings. The van der Waals surface area contributed by atoms with Gasteiger partial charge in [-0.3, -0.25) is 0 Å². The molecule has 0 aliphatic heterocycles. The van der Waals surface area contributed by atoms with E-state index >= 15 is 0 Å². The summed E-state index contributed by atoms with van der Waals surface area (Å²) in [6, 6.07) is 7.15. The van der Waals surface area contributed by atoms with Gasteiger partial charge in [0.05, 0.1) is 12.5 Å². The van der Waals surface area contributed by atoms with E-state index in [0.717, 1.165) is 0 Å². The van der Waals surface area contributed by atoms with Gasteiger partial charge in [-0.05, 0) is 24.3 Å². The zero-order valence-electron chi connectivity index (χ0n) is 7.94. The Morgan fingerprint density at radius 3 is 1.67 bits per heavy atom.